The zero-order chi connectivity index (χ0) is 17.9. The predicted octanol–water partition coefficient (Wildman–Crippen LogP) is 2.34. The van der Waals surface area contributed by atoms with Gasteiger partial charge in [0.2, 0.25) is 5.91 Å². The smallest absolute Gasteiger partial charge is 0.262 e. The number of hydrogen-bond acceptors (Lipinski definition) is 5. The Morgan fingerprint density at radius 1 is 1.19 bits per heavy atom. The van der Waals surface area contributed by atoms with Crippen molar-refractivity contribution in [2.75, 3.05) is 13.2 Å². The molecule has 6 nitrogen and oxygen atoms in total. The quantitative estimate of drug-likeness (QED) is 0.833. The first kappa shape index (κ1) is 17.5. The molecule has 7 heteroatoms. The molecule has 1 aromatic heterocycles. The van der Waals surface area contributed by atoms with Gasteiger partial charge in [0.25, 0.3) is 5.56 Å². The molecule has 2 atom stereocenters. The van der Waals surface area contributed by atoms with E-state index in [2.05, 4.69) is 5.32 Å². The SMILES string of the molecule is O=C1NCCCC[C@H]1Sc1nc2ccccc2c(=O)n1C[C@H]1CCCO1. The summed E-state index contributed by atoms with van der Waals surface area (Å²) in [5.74, 6) is 0.0403. The lowest BCUT2D eigenvalue weighted by molar-refractivity contribution is -0.120. The highest BCUT2D eigenvalue weighted by Gasteiger charge is 2.26. The normalized spacial score (nSPS) is 23.8. The number of para-hydroxylation sites is 1. The van der Waals surface area contributed by atoms with E-state index in [1.807, 2.05) is 24.3 Å². The maximum Gasteiger partial charge on any atom is 0.262 e. The maximum absolute atomic E-state index is 13.1. The molecule has 138 valence electrons. The molecular weight excluding hydrogens is 350 g/mol. The topological polar surface area (TPSA) is 73.2 Å². The van der Waals surface area contributed by atoms with Gasteiger partial charge in [0.05, 0.1) is 28.8 Å². The molecule has 0 unspecified atom stereocenters. The summed E-state index contributed by atoms with van der Waals surface area (Å²) < 4.78 is 7.44. The van der Waals surface area contributed by atoms with Crippen molar-refractivity contribution < 1.29 is 9.53 Å². The zero-order valence-electron chi connectivity index (χ0n) is 14.6. The third-order valence-corrected chi connectivity index (χ3v) is 6.23. The van der Waals surface area contributed by atoms with Crippen molar-refractivity contribution >= 4 is 28.6 Å². The van der Waals surface area contributed by atoms with Crippen LogP contribution in [0.1, 0.15) is 32.1 Å². The molecule has 0 spiro atoms. The van der Waals surface area contributed by atoms with E-state index in [1.165, 1.54) is 11.8 Å². The van der Waals surface area contributed by atoms with Gasteiger partial charge in [-0.25, -0.2) is 4.98 Å². The highest BCUT2D eigenvalue weighted by molar-refractivity contribution is 8.00. The minimum Gasteiger partial charge on any atom is -0.376 e. The molecule has 1 amide bonds. The third-order valence-electron chi connectivity index (χ3n) is 4.97. The van der Waals surface area contributed by atoms with Crippen molar-refractivity contribution in [1.82, 2.24) is 14.9 Å². The van der Waals surface area contributed by atoms with Crippen LogP contribution in [0.15, 0.2) is 34.2 Å². The van der Waals surface area contributed by atoms with E-state index in [4.69, 9.17) is 9.72 Å². The van der Waals surface area contributed by atoms with E-state index in [0.29, 0.717) is 22.6 Å². The number of carbonyl (C=O) groups excluding carboxylic acids is 1. The fourth-order valence-corrected chi connectivity index (χ4v) is 4.71. The van der Waals surface area contributed by atoms with E-state index in [9.17, 15) is 9.59 Å². The average molecular weight is 373 g/mol. The standard InChI is InChI=1S/C19H23N3O3S/c23-17-16(9-3-4-10-20-17)26-19-21-15-8-2-1-7-14(15)18(24)22(19)12-13-6-5-11-25-13/h1-2,7-8,13,16H,3-6,9-12H2,(H,20,23)/t13-,16-/m1/s1. The molecule has 2 aliphatic heterocycles. The van der Waals surface area contributed by atoms with Crippen molar-refractivity contribution in [3.05, 3.63) is 34.6 Å². The van der Waals surface area contributed by atoms with Crippen LogP contribution in [-0.2, 0) is 16.1 Å². The van der Waals surface area contributed by atoms with Crippen LogP contribution in [-0.4, -0.2) is 40.0 Å². The van der Waals surface area contributed by atoms with Crippen LogP contribution < -0.4 is 10.9 Å². The highest BCUT2D eigenvalue weighted by atomic mass is 32.2. The van der Waals surface area contributed by atoms with Crippen LogP contribution in [0.25, 0.3) is 10.9 Å². The number of fused-ring (bicyclic) bond motifs is 1. The summed E-state index contributed by atoms with van der Waals surface area (Å²) in [6.07, 6.45) is 4.81. The molecule has 1 N–H and O–H groups in total. The second kappa shape index (κ2) is 7.80. The van der Waals surface area contributed by atoms with E-state index >= 15 is 0 Å². The van der Waals surface area contributed by atoms with Crippen LogP contribution in [0.4, 0.5) is 0 Å². The number of aromatic nitrogens is 2. The lowest BCUT2D eigenvalue weighted by Crippen LogP contribution is -2.33. The van der Waals surface area contributed by atoms with E-state index in [0.717, 1.165) is 45.3 Å². The number of nitrogens with zero attached hydrogens (tertiary/aromatic N) is 2. The number of rotatable bonds is 4. The summed E-state index contributed by atoms with van der Waals surface area (Å²) in [6.45, 7) is 1.96. The fraction of sp³-hybridized carbons (Fsp3) is 0.526. The molecule has 26 heavy (non-hydrogen) atoms. The van der Waals surface area contributed by atoms with E-state index in [-0.39, 0.29) is 22.8 Å². The van der Waals surface area contributed by atoms with Gasteiger partial charge >= 0.3 is 0 Å². The molecule has 2 aliphatic rings. The summed E-state index contributed by atoms with van der Waals surface area (Å²) in [7, 11) is 0. The first-order valence-corrected chi connectivity index (χ1v) is 10.2. The third kappa shape index (κ3) is 3.64. The Kier molecular flexibility index (Phi) is 5.26. The van der Waals surface area contributed by atoms with Gasteiger partial charge in [0.1, 0.15) is 0 Å². The number of benzene rings is 1. The number of carbonyl (C=O) groups is 1. The fourth-order valence-electron chi connectivity index (χ4n) is 3.54. The summed E-state index contributed by atoms with van der Waals surface area (Å²) in [4.78, 5) is 30.2. The average Bonchev–Trinajstić information content (AvgIpc) is 3.08. The molecule has 2 aromatic rings. The van der Waals surface area contributed by atoms with Crippen molar-refractivity contribution in [3.63, 3.8) is 0 Å². The molecule has 0 bridgehead atoms. The second-order valence-corrected chi connectivity index (χ2v) is 8.03. The number of ether oxygens (including phenoxy) is 1. The Balaban J connectivity index is 1.72. The van der Waals surface area contributed by atoms with Crippen molar-refractivity contribution in [2.24, 2.45) is 0 Å². The van der Waals surface area contributed by atoms with Crippen LogP contribution in [0, 0.1) is 0 Å². The lowest BCUT2D eigenvalue weighted by Gasteiger charge is -2.19. The van der Waals surface area contributed by atoms with Gasteiger partial charge in [-0.1, -0.05) is 30.3 Å². The Hall–Kier alpha value is -1.86. The van der Waals surface area contributed by atoms with Gasteiger partial charge in [-0.3, -0.25) is 14.2 Å². The molecular formula is C19H23N3O3S. The van der Waals surface area contributed by atoms with Crippen molar-refractivity contribution in [3.8, 4) is 0 Å². The lowest BCUT2D eigenvalue weighted by atomic mass is 10.2. The maximum atomic E-state index is 13.1. The zero-order valence-corrected chi connectivity index (χ0v) is 15.5. The van der Waals surface area contributed by atoms with E-state index in [1.54, 1.807) is 4.57 Å². The monoisotopic (exact) mass is 373 g/mol. The summed E-state index contributed by atoms with van der Waals surface area (Å²) >= 11 is 1.41. The Morgan fingerprint density at radius 2 is 2.08 bits per heavy atom. The minimum atomic E-state index is -0.207. The number of nitrogens with one attached hydrogen (secondary N) is 1. The minimum absolute atomic E-state index is 0.0398. The Bertz CT molecular complexity index is 861. The largest absolute Gasteiger partial charge is 0.376 e. The summed E-state index contributed by atoms with van der Waals surface area (Å²) in [6, 6.07) is 7.40. The summed E-state index contributed by atoms with van der Waals surface area (Å²) in [5, 5.41) is 3.98. The van der Waals surface area contributed by atoms with Gasteiger partial charge in [-0.05, 0) is 37.8 Å². The first-order valence-electron chi connectivity index (χ1n) is 9.28. The van der Waals surface area contributed by atoms with Crippen LogP contribution in [0.5, 0.6) is 0 Å². The van der Waals surface area contributed by atoms with Gasteiger partial charge in [0.15, 0.2) is 5.16 Å². The second-order valence-electron chi connectivity index (χ2n) is 6.86. The molecule has 2 saturated heterocycles. The number of amides is 1. The van der Waals surface area contributed by atoms with Gasteiger partial charge in [0, 0.05) is 13.2 Å². The highest BCUT2D eigenvalue weighted by Crippen LogP contribution is 2.28. The van der Waals surface area contributed by atoms with Crippen molar-refractivity contribution in [2.45, 2.75) is 55.2 Å². The Morgan fingerprint density at radius 3 is 2.92 bits per heavy atom. The van der Waals surface area contributed by atoms with Crippen molar-refractivity contribution in [1.29, 1.82) is 0 Å². The number of hydrogen-bond donors (Lipinski definition) is 1. The van der Waals surface area contributed by atoms with Crippen LogP contribution in [0.3, 0.4) is 0 Å². The molecule has 0 saturated carbocycles. The van der Waals surface area contributed by atoms with Crippen LogP contribution in [0.2, 0.25) is 0 Å². The molecule has 0 aliphatic carbocycles. The molecule has 3 heterocycles. The van der Waals surface area contributed by atoms with Gasteiger partial charge in [-0.15, -0.1) is 0 Å². The van der Waals surface area contributed by atoms with E-state index < -0.39 is 0 Å². The molecule has 2 fully saturated rings. The van der Waals surface area contributed by atoms with Gasteiger partial charge < -0.3 is 10.1 Å². The van der Waals surface area contributed by atoms with Gasteiger partial charge in [-0.2, -0.15) is 0 Å². The molecule has 0 radical (unpaired) electrons. The molecule has 1 aromatic carbocycles. The number of thioether (sulfide) groups is 1. The van der Waals surface area contributed by atoms with Crippen LogP contribution >= 0.6 is 11.8 Å². The summed E-state index contributed by atoms with van der Waals surface area (Å²) in [5.41, 5.74) is 0.625. The predicted molar refractivity (Wildman–Crippen MR) is 101 cm³/mol. The Labute approximate surface area is 156 Å². The molecule has 4 rings (SSSR count). The first-order chi connectivity index (χ1) is 12.7.